The van der Waals surface area contributed by atoms with Crippen LogP contribution in [0.1, 0.15) is 10.4 Å². The summed E-state index contributed by atoms with van der Waals surface area (Å²) in [5.41, 5.74) is 0.654. The Morgan fingerprint density at radius 3 is 2.79 bits per heavy atom. The summed E-state index contributed by atoms with van der Waals surface area (Å²) in [6.45, 7) is -0.586. The Morgan fingerprint density at radius 1 is 1.37 bits per heavy atom. The predicted octanol–water partition coefficient (Wildman–Crippen LogP) is 0.759. The van der Waals surface area contributed by atoms with Gasteiger partial charge in [-0.2, -0.15) is 13.2 Å². The zero-order chi connectivity index (χ0) is 13.6. The number of carbonyl (C=O) groups is 1. The summed E-state index contributed by atoms with van der Waals surface area (Å²) >= 11 is 0. The quantitative estimate of drug-likeness (QED) is 0.768. The molecule has 6 nitrogen and oxygen atoms in total. The zero-order valence-corrected chi connectivity index (χ0v) is 9.50. The third kappa shape index (κ3) is 2.00. The van der Waals surface area contributed by atoms with E-state index in [1.807, 2.05) is 0 Å². The van der Waals surface area contributed by atoms with Crippen LogP contribution in [0.5, 0.6) is 0 Å². The van der Waals surface area contributed by atoms with Crippen LogP contribution in [0.4, 0.5) is 13.2 Å². The SMILES string of the molecule is O=C(c1ccn2nnnc2c1)N1CC(C(F)(F)F)C1. The number of nitrogens with zero attached hydrogens (tertiary/aromatic N) is 5. The van der Waals surface area contributed by atoms with Crippen LogP contribution in [-0.4, -0.2) is 50.1 Å². The highest BCUT2D eigenvalue weighted by atomic mass is 19.4. The molecule has 0 radical (unpaired) electrons. The number of carbonyl (C=O) groups excluding carboxylic acids is 1. The number of alkyl halides is 3. The molecule has 3 rings (SSSR count). The second kappa shape index (κ2) is 3.90. The monoisotopic (exact) mass is 271 g/mol. The van der Waals surface area contributed by atoms with Crippen LogP contribution in [0.2, 0.25) is 0 Å². The molecule has 1 aliphatic rings. The van der Waals surface area contributed by atoms with Crippen molar-refractivity contribution in [3.63, 3.8) is 0 Å². The largest absolute Gasteiger partial charge is 0.395 e. The standard InChI is InChI=1S/C10H8F3N5O/c11-10(12,13)7-4-17(5-7)9(19)6-1-2-18-8(3-6)14-15-16-18/h1-3,7H,4-5H2. The molecule has 0 atom stereocenters. The predicted molar refractivity (Wildman–Crippen MR) is 56.2 cm³/mol. The maximum absolute atomic E-state index is 12.3. The number of amides is 1. The summed E-state index contributed by atoms with van der Waals surface area (Å²) in [4.78, 5) is 13.1. The van der Waals surface area contributed by atoms with E-state index < -0.39 is 18.0 Å². The Balaban J connectivity index is 1.75. The van der Waals surface area contributed by atoms with E-state index >= 15 is 0 Å². The fraction of sp³-hybridized carbons (Fsp3) is 0.400. The third-order valence-corrected chi connectivity index (χ3v) is 3.08. The molecule has 19 heavy (non-hydrogen) atoms. The number of pyridine rings is 1. The summed E-state index contributed by atoms with van der Waals surface area (Å²) in [5, 5.41) is 10.7. The lowest BCUT2D eigenvalue weighted by Gasteiger charge is -2.40. The molecule has 1 saturated heterocycles. The van der Waals surface area contributed by atoms with Crippen molar-refractivity contribution in [1.82, 2.24) is 24.9 Å². The van der Waals surface area contributed by atoms with Gasteiger partial charge in [0.25, 0.3) is 5.91 Å². The highest BCUT2D eigenvalue weighted by Gasteiger charge is 2.48. The van der Waals surface area contributed by atoms with E-state index in [4.69, 9.17) is 0 Å². The molecular weight excluding hydrogens is 263 g/mol. The average molecular weight is 271 g/mol. The van der Waals surface area contributed by atoms with Crippen LogP contribution < -0.4 is 0 Å². The molecule has 0 N–H and O–H groups in total. The molecule has 0 bridgehead atoms. The van der Waals surface area contributed by atoms with Gasteiger partial charge in [0.15, 0.2) is 5.65 Å². The molecule has 0 unspecified atom stereocenters. The maximum atomic E-state index is 12.3. The molecular formula is C10H8F3N5O. The van der Waals surface area contributed by atoms with Gasteiger partial charge in [-0.1, -0.05) is 0 Å². The van der Waals surface area contributed by atoms with Crippen molar-refractivity contribution in [2.24, 2.45) is 5.92 Å². The Hall–Kier alpha value is -2.19. The average Bonchev–Trinajstić information content (AvgIpc) is 2.71. The normalized spacial score (nSPS) is 16.7. The molecule has 1 fully saturated rings. The number of tetrazole rings is 1. The Kier molecular flexibility index (Phi) is 2.44. The summed E-state index contributed by atoms with van der Waals surface area (Å²) in [6.07, 6.45) is -2.75. The van der Waals surface area contributed by atoms with E-state index in [1.165, 1.54) is 22.8 Å². The van der Waals surface area contributed by atoms with Crippen LogP contribution in [0, 0.1) is 5.92 Å². The number of fused-ring (bicyclic) bond motifs is 1. The lowest BCUT2D eigenvalue weighted by Crippen LogP contribution is -2.55. The number of hydrogen-bond donors (Lipinski definition) is 0. The molecule has 0 aliphatic carbocycles. The van der Waals surface area contributed by atoms with Crippen molar-refractivity contribution in [3.8, 4) is 0 Å². The lowest BCUT2D eigenvalue weighted by atomic mass is 9.98. The van der Waals surface area contributed by atoms with Crippen molar-refractivity contribution in [3.05, 3.63) is 23.9 Å². The van der Waals surface area contributed by atoms with Gasteiger partial charge in [0.2, 0.25) is 0 Å². The Bertz CT molecular complexity index is 631. The minimum Gasteiger partial charge on any atom is -0.337 e. The highest BCUT2D eigenvalue weighted by Crippen LogP contribution is 2.34. The van der Waals surface area contributed by atoms with Gasteiger partial charge in [-0.25, -0.2) is 4.52 Å². The molecule has 3 heterocycles. The van der Waals surface area contributed by atoms with E-state index in [0.717, 1.165) is 4.90 Å². The minimum atomic E-state index is -4.24. The van der Waals surface area contributed by atoms with E-state index in [1.54, 1.807) is 0 Å². The van der Waals surface area contributed by atoms with Crippen LogP contribution in [-0.2, 0) is 0 Å². The molecule has 9 heteroatoms. The fourth-order valence-corrected chi connectivity index (χ4v) is 1.91. The molecule has 100 valence electrons. The molecule has 1 aliphatic heterocycles. The van der Waals surface area contributed by atoms with Crippen molar-refractivity contribution in [2.75, 3.05) is 13.1 Å². The van der Waals surface area contributed by atoms with Crippen molar-refractivity contribution < 1.29 is 18.0 Å². The van der Waals surface area contributed by atoms with Crippen LogP contribution in [0.3, 0.4) is 0 Å². The van der Waals surface area contributed by atoms with Gasteiger partial charge >= 0.3 is 6.18 Å². The van der Waals surface area contributed by atoms with Gasteiger partial charge in [0.05, 0.1) is 5.92 Å². The van der Waals surface area contributed by atoms with E-state index in [-0.39, 0.29) is 18.7 Å². The van der Waals surface area contributed by atoms with Gasteiger partial charge in [0, 0.05) is 24.8 Å². The first-order valence-corrected chi connectivity index (χ1v) is 5.49. The van der Waals surface area contributed by atoms with Gasteiger partial charge < -0.3 is 4.90 Å². The zero-order valence-electron chi connectivity index (χ0n) is 9.50. The van der Waals surface area contributed by atoms with Crippen molar-refractivity contribution >= 4 is 11.6 Å². The van der Waals surface area contributed by atoms with E-state index in [2.05, 4.69) is 15.5 Å². The molecule has 2 aromatic heterocycles. The van der Waals surface area contributed by atoms with Gasteiger partial charge in [-0.05, 0) is 22.6 Å². The third-order valence-electron chi connectivity index (χ3n) is 3.08. The molecule has 0 saturated carbocycles. The number of hydrogen-bond acceptors (Lipinski definition) is 4. The highest BCUT2D eigenvalue weighted by molar-refractivity contribution is 5.95. The number of halogens is 3. The number of aromatic nitrogens is 4. The minimum absolute atomic E-state index is 0.280. The first-order valence-electron chi connectivity index (χ1n) is 5.49. The van der Waals surface area contributed by atoms with Gasteiger partial charge in [0.1, 0.15) is 0 Å². The second-order valence-corrected chi connectivity index (χ2v) is 4.35. The smallest absolute Gasteiger partial charge is 0.337 e. The van der Waals surface area contributed by atoms with E-state index in [0.29, 0.717) is 5.65 Å². The maximum Gasteiger partial charge on any atom is 0.395 e. The van der Waals surface area contributed by atoms with Crippen molar-refractivity contribution in [1.29, 1.82) is 0 Å². The van der Waals surface area contributed by atoms with Crippen molar-refractivity contribution in [2.45, 2.75) is 6.18 Å². The van der Waals surface area contributed by atoms with Crippen LogP contribution in [0.25, 0.3) is 5.65 Å². The summed E-state index contributed by atoms with van der Waals surface area (Å²) in [7, 11) is 0. The molecule has 2 aromatic rings. The van der Waals surface area contributed by atoms with E-state index in [9.17, 15) is 18.0 Å². The topological polar surface area (TPSA) is 63.4 Å². The molecule has 1 amide bonds. The molecule has 0 aromatic carbocycles. The van der Waals surface area contributed by atoms with Crippen LogP contribution >= 0.6 is 0 Å². The van der Waals surface area contributed by atoms with Gasteiger partial charge in [-0.15, -0.1) is 5.10 Å². The number of likely N-dealkylation sites (tertiary alicyclic amines) is 1. The summed E-state index contributed by atoms with van der Waals surface area (Å²) in [5.74, 6) is -1.86. The van der Waals surface area contributed by atoms with Crippen LogP contribution in [0.15, 0.2) is 18.3 Å². The Labute approximate surface area is 104 Å². The molecule has 0 spiro atoms. The summed E-state index contributed by atoms with van der Waals surface area (Å²) < 4.78 is 38.4. The van der Waals surface area contributed by atoms with Gasteiger partial charge in [-0.3, -0.25) is 4.79 Å². The second-order valence-electron chi connectivity index (χ2n) is 4.35. The number of rotatable bonds is 1. The first kappa shape index (κ1) is 11.9. The first-order chi connectivity index (χ1) is 8.95. The Morgan fingerprint density at radius 2 is 2.11 bits per heavy atom. The lowest BCUT2D eigenvalue weighted by molar-refractivity contribution is -0.202. The summed E-state index contributed by atoms with van der Waals surface area (Å²) in [6, 6.07) is 2.93. The fourth-order valence-electron chi connectivity index (χ4n) is 1.91.